The van der Waals surface area contributed by atoms with Crippen LogP contribution in [0.2, 0.25) is 0 Å². The summed E-state index contributed by atoms with van der Waals surface area (Å²) in [7, 11) is -2.85. The smallest absolute Gasteiger partial charge is 0.440 e. The lowest BCUT2D eigenvalue weighted by atomic mass is 10.1. The molecule has 0 bridgehead atoms. The zero-order valence-corrected chi connectivity index (χ0v) is 47.6. The van der Waals surface area contributed by atoms with Crippen molar-refractivity contribution in [2.75, 3.05) is 79.3 Å². The maximum atomic E-state index is 13.1. The molecule has 0 spiro atoms. The zero-order chi connectivity index (χ0) is 57.7. The standard InChI is InChI=1S/C26H29N2O4P.C17H19NO3.C12H10O2.C5H11NO2.C4H8O/c1-20(2)31-25(29)28(26(30)32-21(3)4)27-33(22-14-8-5-9-15-22,23-16-10-6-11-17-23)24-18-12-7-13-19-24;19-16-5-1-14(2-6-16)15-3-7-17(8-4-15)21-12-10-18-9-11-20-13-18;13-11-5-1-9(2-6-11)10-3-7-12(14)8-4-10;7-3-1-6-2-4-8-5-6;1-2-4-5-3-1/h5-21H,1-4H3;1-8,19H,9-13H2;1-8,13-14H;7H,1-5H2;1-4H2. The monoisotopic (exact) mass is 1120 g/mol. The number of phenols is 3. The Bertz CT molecular complexity index is 2750. The van der Waals surface area contributed by atoms with Crippen molar-refractivity contribution < 1.29 is 58.4 Å². The minimum atomic E-state index is -2.85. The van der Waals surface area contributed by atoms with E-state index >= 15 is 0 Å². The highest BCUT2D eigenvalue weighted by Crippen LogP contribution is 2.47. The summed E-state index contributed by atoms with van der Waals surface area (Å²) in [5, 5.41) is 39.4. The molecule has 7 aromatic rings. The summed E-state index contributed by atoms with van der Waals surface area (Å²) in [5.74, 6) is 1.67. The molecular weight excluding hydrogens is 1050 g/mol. The fourth-order valence-corrected chi connectivity index (χ4v) is 11.7. The molecule has 3 aliphatic heterocycles. The number of aromatic hydroxyl groups is 3. The van der Waals surface area contributed by atoms with E-state index in [9.17, 15) is 14.7 Å². The van der Waals surface area contributed by atoms with Crippen LogP contribution < -0.4 is 20.7 Å². The predicted molar refractivity (Wildman–Crippen MR) is 319 cm³/mol. The van der Waals surface area contributed by atoms with Gasteiger partial charge < -0.3 is 48.8 Å². The van der Waals surface area contributed by atoms with E-state index in [2.05, 4.69) is 9.80 Å². The summed E-state index contributed by atoms with van der Waals surface area (Å²) < 4.78 is 31.8. The number of hydrogen-bond donors (Lipinski definition) is 4. The van der Waals surface area contributed by atoms with Gasteiger partial charge in [0.2, 0.25) is 0 Å². The maximum absolute atomic E-state index is 13.1. The van der Waals surface area contributed by atoms with E-state index in [4.69, 9.17) is 48.6 Å². The quantitative estimate of drug-likeness (QED) is 0.0594. The first-order valence-electron chi connectivity index (χ1n) is 27.2. The minimum absolute atomic E-state index is 0.239. The Morgan fingerprint density at radius 3 is 1.17 bits per heavy atom. The van der Waals surface area contributed by atoms with Gasteiger partial charge in [-0.05, 0) is 111 Å². The molecule has 10 rings (SSSR count). The van der Waals surface area contributed by atoms with Gasteiger partial charge in [-0.2, -0.15) is 4.85 Å². The molecule has 17 heteroatoms. The predicted octanol–water partition coefficient (Wildman–Crippen LogP) is 11.0. The van der Waals surface area contributed by atoms with E-state index in [1.807, 2.05) is 152 Å². The van der Waals surface area contributed by atoms with Gasteiger partial charge in [-0.15, -0.1) is 0 Å². The van der Waals surface area contributed by atoms with Crippen LogP contribution in [-0.2, 0) is 23.7 Å². The maximum Gasteiger partial charge on any atom is 0.440 e. The molecule has 4 N–H and O–H groups in total. The van der Waals surface area contributed by atoms with Crippen LogP contribution >= 0.6 is 7.05 Å². The Balaban J connectivity index is 0.000000186. The Kier molecular flexibility index (Phi) is 26.2. The largest absolute Gasteiger partial charge is 0.508 e. The van der Waals surface area contributed by atoms with Crippen molar-refractivity contribution >= 4 is 35.2 Å². The SMILES string of the molecule is C1CCOC1.CC(C)OC(=O)N(N=P(c1ccccc1)(c1ccccc1)c1ccccc1)C(=O)OC(C)C.OCCN1CCOC1.Oc1ccc(-c2ccc(O)cc2)cc1.Oc1ccc(-c2ccc(OCCN3CCOC3)cc2)cc1. The lowest BCUT2D eigenvalue weighted by Gasteiger charge is -2.29. The molecule has 0 radical (unpaired) electrons. The van der Waals surface area contributed by atoms with Gasteiger partial charge in [-0.3, -0.25) is 9.80 Å². The Labute approximate surface area is 476 Å². The fourth-order valence-electron chi connectivity index (χ4n) is 8.22. The molecule has 3 fully saturated rings. The van der Waals surface area contributed by atoms with Crippen molar-refractivity contribution in [1.29, 1.82) is 0 Å². The average Bonchev–Trinajstić information content (AvgIpc) is 4.45. The second-order valence-corrected chi connectivity index (χ2v) is 22.3. The second-order valence-electron chi connectivity index (χ2n) is 19.3. The van der Waals surface area contributed by atoms with Crippen molar-refractivity contribution in [2.45, 2.75) is 52.7 Å². The molecule has 0 unspecified atom stereocenters. The van der Waals surface area contributed by atoms with Crippen LogP contribution in [0.15, 0.2) is 193 Å². The summed E-state index contributed by atoms with van der Waals surface area (Å²) in [4.78, 5) is 35.4. The number of hydrogen-bond acceptors (Lipinski definition) is 15. The number of imide groups is 1. The number of nitrogens with zero attached hydrogens (tertiary/aromatic N) is 4. The number of benzene rings is 7. The van der Waals surface area contributed by atoms with Crippen molar-refractivity contribution in [2.24, 2.45) is 4.85 Å². The number of β-amino-alcohol motifs (C(OH)–C–C–N with tert-alkyl or cyclic N) is 1. The highest BCUT2D eigenvalue weighted by molar-refractivity contribution is 7.87. The first-order chi connectivity index (χ1) is 39.3. The minimum Gasteiger partial charge on any atom is -0.508 e. The topological polar surface area (TPSA) is 193 Å². The normalized spacial score (nSPS) is 13.9. The molecule has 2 amide bonds. The molecule has 3 aliphatic rings. The van der Waals surface area contributed by atoms with Gasteiger partial charge in [-0.1, -0.05) is 145 Å². The molecule has 16 nitrogen and oxygen atoms in total. The third-order valence-electron chi connectivity index (χ3n) is 12.3. The summed E-state index contributed by atoms with van der Waals surface area (Å²) in [5.41, 5.74) is 4.22. The van der Waals surface area contributed by atoms with Crippen molar-refractivity contribution in [3.8, 4) is 45.3 Å². The number of aliphatic hydroxyl groups excluding tert-OH is 1. The van der Waals surface area contributed by atoms with Crippen LogP contribution in [-0.4, -0.2) is 139 Å². The number of phenolic OH excluding ortho intramolecular Hbond substituents is 3. The summed E-state index contributed by atoms with van der Waals surface area (Å²) >= 11 is 0. The number of amides is 2. The average molecular weight is 1130 g/mol. The number of ether oxygens (including phenoxy) is 6. The van der Waals surface area contributed by atoms with Crippen molar-refractivity contribution in [3.05, 3.63) is 188 Å². The van der Waals surface area contributed by atoms with Gasteiger partial charge in [0.15, 0.2) is 0 Å². The van der Waals surface area contributed by atoms with E-state index in [1.54, 1.807) is 64.1 Å². The number of carbonyl (C=O) groups is 2. The van der Waals surface area contributed by atoms with Gasteiger partial charge in [0.25, 0.3) is 0 Å². The number of carbonyl (C=O) groups excluding carboxylic acids is 2. The van der Waals surface area contributed by atoms with Crippen LogP contribution in [0.1, 0.15) is 40.5 Å². The third kappa shape index (κ3) is 20.8. The van der Waals surface area contributed by atoms with Crippen LogP contribution in [0.3, 0.4) is 0 Å². The second kappa shape index (κ2) is 33.9. The highest BCUT2D eigenvalue weighted by atomic mass is 31.2. The van der Waals surface area contributed by atoms with Gasteiger partial charge in [0.1, 0.15) is 29.6 Å². The molecule has 0 aromatic heterocycles. The molecule has 0 atom stereocenters. The summed E-state index contributed by atoms with van der Waals surface area (Å²) in [6, 6.07) is 58.2. The Hall–Kier alpha value is -7.53. The van der Waals surface area contributed by atoms with Crippen LogP contribution in [0.5, 0.6) is 23.0 Å². The van der Waals surface area contributed by atoms with Crippen molar-refractivity contribution in [1.82, 2.24) is 14.8 Å². The van der Waals surface area contributed by atoms with E-state index in [1.165, 1.54) is 12.8 Å². The first-order valence-corrected chi connectivity index (χ1v) is 29.0. The zero-order valence-electron chi connectivity index (χ0n) is 46.7. The first kappa shape index (κ1) is 62.7. The lowest BCUT2D eigenvalue weighted by molar-refractivity contribution is 0.0523. The number of aliphatic hydroxyl groups is 1. The summed E-state index contributed by atoms with van der Waals surface area (Å²) in [6.07, 6.45) is -0.0504. The van der Waals surface area contributed by atoms with Crippen LogP contribution in [0, 0.1) is 0 Å². The fraction of sp³-hybridized carbons (Fsp3) is 0.312. The summed E-state index contributed by atoms with van der Waals surface area (Å²) in [6.45, 7) is 16.4. The van der Waals surface area contributed by atoms with E-state index < -0.39 is 31.4 Å². The molecule has 3 saturated heterocycles. The Morgan fingerprint density at radius 2 is 0.864 bits per heavy atom. The lowest BCUT2D eigenvalue weighted by Crippen LogP contribution is -2.38. The van der Waals surface area contributed by atoms with Crippen LogP contribution in [0.4, 0.5) is 9.59 Å². The van der Waals surface area contributed by atoms with Crippen molar-refractivity contribution in [3.63, 3.8) is 0 Å². The molecule has 3 heterocycles. The van der Waals surface area contributed by atoms with E-state index in [-0.39, 0.29) is 23.9 Å². The van der Waals surface area contributed by atoms with Gasteiger partial charge in [0.05, 0.1) is 52.5 Å². The molecular formula is C64H77N4O12P. The van der Waals surface area contributed by atoms with Crippen LogP contribution in [0.25, 0.3) is 22.3 Å². The van der Waals surface area contributed by atoms with Gasteiger partial charge >= 0.3 is 12.2 Å². The number of rotatable bonds is 14. The van der Waals surface area contributed by atoms with E-state index in [0.29, 0.717) is 20.1 Å². The van der Waals surface area contributed by atoms with E-state index in [0.717, 1.165) is 102 Å². The Morgan fingerprint density at radius 1 is 0.506 bits per heavy atom. The highest BCUT2D eigenvalue weighted by Gasteiger charge is 2.34. The molecule has 0 saturated carbocycles. The third-order valence-corrected chi connectivity index (χ3v) is 15.9. The van der Waals surface area contributed by atoms with Gasteiger partial charge in [-0.25, -0.2) is 9.59 Å². The molecule has 430 valence electrons. The molecule has 81 heavy (non-hydrogen) atoms. The molecule has 7 aromatic carbocycles. The van der Waals surface area contributed by atoms with Gasteiger partial charge in [0, 0.05) is 55.3 Å². The molecule has 0 aliphatic carbocycles.